The van der Waals surface area contributed by atoms with Crippen molar-refractivity contribution in [2.24, 2.45) is 0 Å². The quantitative estimate of drug-likeness (QED) is 0.741. The van der Waals surface area contributed by atoms with Crippen LogP contribution in [-0.4, -0.2) is 15.3 Å². The zero-order valence-electron chi connectivity index (χ0n) is 8.51. The van der Waals surface area contributed by atoms with E-state index in [1.165, 1.54) is 11.3 Å². The predicted octanol–water partition coefficient (Wildman–Crippen LogP) is 2.39. The van der Waals surface area contributed by atoms with Gasteiger partial charge in [-0.2, -0.15) is 0 Å². The van der Waals surface area contributed by atoms with Crippen LogP contribution in [0.25, 0.3) is 0 Å². The number of Topliss-reactive ketones (excluding diaryl/α,β-unsaturated/α-hetero) is 1. The number of hydrogen-bond acceptors (Lipinski definition) is 3. The maximum Gasteiger partial charge on any atom is 0.180 e. The molecule has 0 saturated heterocycles. The Morgan fingerprint density at radius 2 is 2.47 bits per heavy atom. The van der Waals surface area contributed by atoms with Crippen LogP contribution in [0.4, 0.5) is 0 Å². The first kappa shape index (κ1) is 10.1. The summed E-state index contributed by atoms with van der Waals surface area (Å²) in [5.74, 6) is 0.988. The molecule has 15 heavy (non-hydrogen) atoms. The number of nitrogens with zero attached hydrogens (tertiary/aromatic N) is 2. The molecule has 0 aliphatic heterocycles. The highest BCUT2D eigenvalue weighted by molar-refractivity contribution is 7.12. The van der Waals surface area contributed by atoms with E-state index in [1.54, 1.807) is 6.20 Å². The molecular weight excluding hydrogens is 208 g/mol. The van der Waals surface area contributed by atoms with Gasteiger partial charge < -0.3 is 4.57 Å². The van der Waals surface area contributed by atoms with Gasteiger partial charge in [0, 0.05) is 18.9 Å². The second-order valence-corrected chi connectivity index (χ2v) is 4.15. The van der Waals surface area contributed by atoms with Gasteiger partial charge in [-0.15, -0.1) is 11.3 Å². The lowest BCUT2D eigenvalue weighted by Gasteiger charge is -2.02. The Labute approximate surface area is 92.4 Å². The van der Waals surface area contributed by atoms with Gasteiger partial charge in [0.1, 0.15) is 5.82 Å². The Kier molecular flexibility index (Phi) is 2.97. The predicted molar refractivity (Wildman–Crippen MR) is 60.3 cm³/mol. The fraction of sp³-hybridized carbons (Fsp3) is 0.273. The Bertz CT molecular complexity index is 445. The van der Waals surface area contributed by atoms with Gasteiger partial charge in [0.15, 0.2) is 5.78 Å². The highest BCUT2D eigenvalue weighted by Crippen LogP contribution is 2.12. The Morgan fingerprint density at radius 1 is 1.60 bits per heavy atom. The third kappa shape index (κ3) is 2.15. The third-order valence-corrected chi connectivity index (χ3v) is 3.17. The number of carbonyl (C=O) groups is 1. The fourth-order valence-electron chi connectivity index (χ4n) is 1.46. The number of rotatable bonds is 4. The highest BCUT2D eigenvalue weighted by Gasteiger charge is 2.11. The van der Waals surface area contributed by atoms with Crippen molar-refractivity contribution >= 4 is 17.1 Å². The van der Waals surface area contributed by atoms with Crippen LogP contribution < -0.4 is 0 Å². The molecule has 0 radical (unpaired) electrons. The number of imidazole rings is 1. The summed E-state index contributed by atoms with van der Waals surface area (Å²) in [7, 11) is 0. The molecule has 2 rings (SSSR count). The summed E-state index contributed by atoms with van der Waals surface area (Å²) < 4.78 is 1.99. The van der Waals surface area contributed by atoms with E-state index in [0.29, 0.717) is 6.42 Å². The van der Waals surface area contributed by atoms with Crippen molar-refractivity contribution < 1.29 is 4.79 Å². The summed E-state index contributed by atoms with van der Waals surface area (Å²) >= 11 is 1.48. The largest absolute Gasteiger partial charge is 0.335 e. The molecule has 2 aromatic rings. The summed E-state index contributed by atoms with van der Waals surface area (Å²) in [5.41, 5.74) is 0. The second kappa shape index (κ2) is 4.40. The van der Waals surface area contributed by atoms with Gasteiger partial charge in [-0.05, 0) is 18.4 Å². The standard InChI is InChI=1S/C11H12N2OS/c1-2-13-6-5-12-11(13)8-9(14)10-4-3-7-15-10/h3-7H,2,8H2,1H3. The molecule has 0 aliphatic carbocycles. The smallest absolute Gasteiger partial charge is 0.180 e. The van der Waals surface area contributed by atoms with Crippen molar-refractivity contribution in [1.82, 2.24) is 9.55 Å². The van der Waals surface area contributed by atoms with E-state index in [1.807, 2.05) is 35.2 Å². The molecule has 2 aromatic heterocycles. The monoisotopic (exact) mass is 220 g/mol. The van der Waals surface area contributed by atoms with Gasteiger partial charge in [0.2, 0.25) is 0 Å². The molecule has 4 heteroatoms. The van der Waals surface area contributed by atoms with Gasteiger partial charge in [0.25, 0.3) is 0 Å². The zero-order chi connectivity index (χ0) is 10.7. The van der Waals surface area contributed by atoms with Gasteiger partial charge in [-0.1, -0.05) is 6.07 Å². The molecule has 0 unspecified atom stereocenters. The van der Waals surface area contributed by atoms with Crippen molar-refractivity contribution in [3.05, 3.63) is 40.6 Å². The Morgan fingerprint density at radius 3 is 3.13 bits per heavy atom. The molecule has 78 valence electrons. The van der Waals surface area contributed by atoms with Crippen molar-refractivity contribution in [3.8, 4) is 0 Å². The minimum Gasteiger partial charge on any atom is -0.335 e. The first-order valence-corrected chi connectivity index (χ1v) is 5.76. The molecule has 0 fully saturated rings. The summed E-state index contributed by atoms with van der Waals surface area (Å²) in [6.07, 6.45) is 4.03. The average molecular weight is 220 g/mol. The van der Waals surface area contributed by atoms with Crippen molar-refractivity contribution in [3.63, 3.8) is 0 Å². The molecule has 0 aromatic carbocycles. The SMILES string of the molecule is CCn1ccnc1CC(=O)c1cccs1. The normalized spacial score (nSPS) is 10.5. The van der Waals surface area contributed by atoms with E-state index in [9.17, 15) is 4.79 Å². The average Bonchev–Trinajstić information content (AvgIpc) is 2.87. The van der Waals surface area contributed by atoms with E-state index < -0.39 is 0 Å². The number of aromatic nitrogens is 2. The molecule has 2 heterocycles. The van der Waals surface area contributed by atoms with Gasteiger partial charge in [-0.3, -0.25) is 4.79 Å². The van der Waals surface area contributed by atoms with Crippen molar-refractivity contribution in [2.75, 3.05) is 0 Å². The lowest BCUT2D eigenvalue weighted by molar-refractivity contribution is 0.0993. The number of ketones is 1. The molecular formula is C11H12N2OS. The van der Waals surface area contributed by atoms with Crippen LogP contribution in [0.1, 0.15) is 22.4 Å². The van der Waals surface area contributed by atoms with E-state index in [4.69, 9.17) is 0 Å². The molecule has 0 atom stereocenters. The van der Waals surface area contributed by atoms with Gasteiger partial charge in [0.05, 0.1) is 11.3 Å². The Hall–Kier alpha value is -1.42. The van der Waals surface area contributed by atoms with Crippen molar-refractivity contribution in [2.45, 2.75) is 19.9 Å². The van der Waals surface area contributed by atoms with E-state index >= 15 is 0 Å². The third-order valence-electron chi connectivity index (χ3n) is 2.26. The maximum atomic E-state index is 11.8. The lowest BCUT2D eigenvalue weighted by Crippen LogP contribution is -2.08. The minimum absolute atomic E-state index is 0.144. The molecule has 0 amide bonds. The zero-order valence-corrected chi connectivity index (χ0v) is 9.33. The van der Waals surface area contributed by atoms with Crippen LogP contribution in [-0.2, 0) is 13.0 Å². The molecule has 0 spiro atoms. The van der Waals surface area contributed by atoms with Crippen LogP contribution in [0.3, 0.4) is 0 Å². The maximum absolute atomic E-state index is 11.8. The molecule has 0 aliphatic rings. The van der Waals surface area contributed by atoms with Crippen LogP contribution in [0.5, 0.6) is 0 Å². The molecule has 0 bridgehead atoms. The van der Waals surface area contributed by atoms with Crippen LogP contribution in [0, 0.1) is 0 Å². The van der Waals surface area contributed by atoms with E-state index in [-0.39, 0.29) is 5.78 Å². The molecule has 0 saturated carbocycles. The summed E-state index contributed by atoms with van der Waals surface area (Å²) in [6.45, 7) is 2.90. The first-order chi connectivity index (χ1) is 7.31. The molecule has 3 nitrogen and oxygen atoms in total. The minimum atomic E-state index is 0.144. The van der Waals surface area contributed by atoms with Crippen LogP contribution in [0.15, 0.2) is 29.9 Å². The number of aryl methyl sites for hydroxylation is 1. The summed E-state index contributed by atoms with van der Waals surface area (Å²) in [6, 6.07) is 3.75. The van der Waals surface area contributed by atoms with Crippen molar-refractivity contribution in [1.29, 1.82) is 0 Å². The summed E-state index contributed by atoms with van der Waals surface area (Å²) in [5, 5.41) is 1.92. The van der Waals surface area contributed by atoms with E-state index in [2.05, 4.69) is 4.98 Å². The van der Waals surface area contributed by atoms with Crippen LogP contribution >= 0.6 is 11.3 Å². The molecule has 0 N–H and O–H groups in total. The van der Waals surface area contributed by atoms with E-state index in [0.717, 1.165) is 17.2 Å². The Balaban J connectivity index is 2.13. The van der Waals surface area contributed by atoms with Crippen LogP contribution in [0.2, 0.25) is 0 Å². The topological polar surface area (TPSA) is 34.9 Å². The number of thiophene rings is 1. The second-order valence-electron chi connectivity index (χ2n) is 3.21. The summed E-state index contributed by atoms with van der Waals surface area (Å²) in [4.78, 5) is 16.8. The number of hydrogen-bond donors (Lipinski definition) is 0. The first-order valence-electron chi connectivity index (χ1n) is 4.88. The van der Waals surface area contributed by atoms with Gasteiger partial charge >= 0.3 is 0 Å². The number of carbonyl (C=O) groups excluding carboxylic acids is 1. The van der Waals surface area contributed by atoms with Gasteiger partial charge in [-0.25, -0.2) is 4.98 Å². The fourth-order valence-corrected chi connectivity index (χ4v) is 2.13. The lowest BCUT2D eigenvalue weighted by atomic mass is 10.2. The highest BCUT2D eigenvalue weighted by atomic mass is 32.1.